The fourth-order valence-corrected chi connectivity index (χ4v) is 3.34. The molecule has 0 saturated heterocycles. The predicted molar refractivity (Wildman–Crippen MR) is 93.0 cm³/mol. The summed E-state index contributed by atoms with van der Waals surface area (Å²) in [7, 11) is -1.52. The summed E-state index contributed by atoms with van der Waals surface area (Å²) in [5, 5.41) is 0. The van der Waals surface area contributed by atoms with Crippen molar-refractivity contribution in [3.63, 3.8) is 0 Å². The van der Waals surface area contributed by atoms with E-state index in [-0.39, 0.29) is 5.75 Å². The molecule has 1 saturated carbocycles. The van der Waals surface area contributed by atoms with E-state index in [1.165, 1.54) is 19.1 Å². The van der Waals surface area contributed by atoms with Gasteiger partial charge < -0.3 is 9.47 Å². The van der Waals surface area contributed by atoms with Gasteiger partial charge in [-0.2, -0.15) is 0 Å². The normalized spacial score (nSPS) is 14.4. The van der Waals surface area contributed by atoms with E-state index in [2.05, 4.69) is 4.98 Å². The molecule has 2 aromatic rings. The number of hydrogen-bond acceptors (Lipinski definition) is 5. The van der Waals surface area contributed by atoms with Crippen molar-refractivity contribution >= 4 is 9.84 Å². The van der Waals surface area contributed by atoms with Gasteiger partial charge in [-0.3, -0.25) is 4.98 Å². The van der Waals surface area contributed by atoms with Gasteiger partial charge in [0.2, 0.25) is 0 Å². The molecule has 128 valence electrons. The Bertz CT molecular complexity index is 829. The molecule has 0 N–H and O–H groups in total. The van der Waals surface area contributed by atoms with Gasteiger partial charge in [-0.05, 0) is 36.5 Å². The summed E-state index contributed by atoms with van der Waals surface area (Å²) in [6.07, 6.45) is 7.12. The number of benzene rings is 1. The maximum atomic E-state index is 11.5. The Morgan fingerprint density at radius 2 is 1.96 bits per heavy atom. The van der Waals surface area contributed by atoms with E-state index in [9.17, 15) is 8.42 Å². The molecule has 1 aliphatic carbocycles. The van der Waals surface area contributed by atoms with Crippen LogP contribution in [-0.2, 0) is 15.6 Å². The quantitative estimate of drug-likeness (QED) is 0.770. The summed E-state index contributed by atoms with van der Waals surface area (Å²) in [6.45, 7) is 0.714. The zero-order chi connectivity index (χ0) is 17.2. The van der Waals surface area contributed by atoms with E-state index in [4.69, 9.17) is 9.47 Å². The number of hydrogen-bond donors (Lipinski definition) is 0. The van der Waals surface area contributed by atoms with E-state index in [1.54, 1.807) is 31.6 Å². The maximum Gasteiger partial charge on any atom is 0.151 e. The van der Waals surface area contributed by atoms with E-state index >= 15 is 0 Å². The molecular formula is C18H21NO4S. The average Bonchev–Trinajstić information content (AvgIpc) is 3.36. The first kappa shape index (κ1) is 16.8. The molecular weight excluding hydrogens is 326 g/mol. The highest BCUT2D eigenvalue weighted by molar-refractivity contribution is 7.89. The van der Waals surface area contributed by atoms with Crippen LogP contribution in [0, 0.1) is 5.92 Å². The third-order valence-corrected chi connectivity index (χ3v) is 4.80. The molecule has 0 spiro atoms. The fraction of sp³-hybridized carbons (Fsp3) is 0.389. The van der Waals surface area contributed by atoms with Crippen molar-refractivity contribution in [2.45, 2.75) is 18.6 Å². The van der Waals surface area contributed by atoms with Crippen LogP contribution in [0.1, 0.15) is 18.4 Å². The molecule has 1 aromatic heterocycles. The van der Waals surface area contributed by atoms with Gasteiger partial charge in [0.1, 0.15) is 11.5 Å². The van der Waals surface area contributed by atoms with Crippen molar-refractivity contribution in [3.05, 3.63) is 42.2 Å². The number of pyridine rings is 1. The highest BCUT2D eigenvalue weighted by atomic mass is 32.2. The summed E-state index contributed by atoms with van der Waals surface area (Å²) >= 11 is 0. The molecule has 0 bridgehead atoms. The number of sulfone groups is 1. The third-order valence-electron chi connectivity index (χ3n) is 3.94. The highest BCUT2D eigenvalue weighted by Gasteiger charge is 2.23. The Morgan fingerprint density at radius 1 is 1.17 bits per heavy atom. The van der Waals surface area contributed by atoms with E-state index < -0.39 is 9.84 Å². The molecule has 6 heteroatoms. The molecule has 1 aromatic carbocycles. The monoisotopic (exact) mass is 347 g/mol. The van der Waals surface area contributed by atoms with Crippen LogP contribution in [0.2, 0.25) is 0 Å². The minimum Gasteiger partial charge on any atom is -0.496 e. The van der Waals surface area contributed by atoms with Crippen molar-refractivity contribution in [1.82, 2.24) is 4.98 Å². The lowest BCUT2D eigenvalue weighted by Crippen LogP contribution is -2.03. The standard InChI is InChI=1S/C18H21NO4S/c1-22-18-9-14(12-24(2,20)21)5-6-15(18)16-10-19-8-7-17(16)23-11-13-3-4-13/h5-10,13H,3-4,11-12H2,1-2H3. The zero-order valence-corrected chi connectivity index (χ0v) is 14.7. The first-order chi connectivity index (χ1) is 11.5. The van der Waals surface area contributed by atoms with Crippen LogP contribution < -0.4 is 9.47 Å². The van der Waals surface area contributed by atoms with Crippen molar-refractivity contribution in [2.24, 2.45) is 5.92 Å². The Morgan fingerprint density at radius 3 is 2.62 bits per heavy atom. The lowest BCUT2D eigenvalue weighted by Gasteiger charge is -2.14. The van der Waals surface area contributed by atoms with Crippen LogP contribution >= 0.6 is 0 Å². The first-order valence-electron chi connectivity index (χ1n) is 7.88. The van der Waals surface area contributed by atoms with Gasteiger partial charge in [-0.25, -0.2) is 8.42 Å². The molecule has 5 nitrogen and oxygen atoms in total. The van der Waals surface area contributed by atoms with Crippen LogP contribution in [0.25, 0.3) is 11.1 Å². The van der Waals surface area contributed by atoms with Crippen LogP contribution in [0.4, 0.5) is 0 Å². The van der Waals surface area contributed by atoms with Gasteiger partial charge in [0, 0.05) is 29.8 Å². The number of aromatic nitrogens is 1. The molecule has 0 radical (unpaired) electrons. The SMILES string of the molecule is COc1cc(CS(C)(=O)=O)ccc1-c1cnccc1OCC1CC1. The van der Waals surface area contributed by atoms with Crippen LogP contribution in [0.3, 0.4) is 0 Å². The lowest BCUT2D eigenvalue weighted by atomic mass is 10.0. The summed E-state index contributed by atoms with van der Waals surface area (Å²) in [5.74, 6) is 2.03. The second kappa shape index (κ2) is 6.81. The maximum absolute atomic E-state index is 11.5. The van der Waals surface area contributed by atoms with E-state index in [1.807, 2.05) is 12.1 Å². The summed E-state index contributed by atoms with van der Waals surface area (Å²) < 4.78 is 34.4. The fourth-order valence-electron chi connectivity index (χ4n) is 2.55. The van der Waals surface area contributed by atoms with Crippen molar-refractivity contribution in [1.29, 1.82) is 0 Å². The Hall–Kier alpha value is -2.08. The van der Waals surface area contributed by atoms with Crippen LogP contribution in [0.5, 0.6) is 11.5 Å². The molecule has 0 atom stereocenters. The summed E-state index contributed by atoms with van der Waals surface area (Å²) in [6, 6.07) is 7.27. The number of ether oxygens (including phenoxy) is 2. The topological polar surface area (TPSA) is 65.5 Å². The molecule has 1 aliphatic rings. The predicted octanol–water partition coefficient (Wildman–Crippen LogP) is 3.09. The molecule has 1 heterocycles. The molecule has 24 heavy (non-hydrogen) atoms. The van der Waals surface area contributed by atoms with Crippen LogP contribution in [-0.4, -0.2) is 33.4 Å². The van der Waals surface area contributed by atoms with Crippen LogP contribution in [0.15, 0.2) is 36.7 Å². The summed E-state index contributed by atoms with van der Waals surface area (Å²) in [4.78, 5) is 4.19. The Labute approximate surface area is 142 Å². The second-order valence-corrected chi connectivity index (χ2v) is 8.37. The van der Waals surface area contributed by atoms with Gasteiger partial charge in [-0.1, -0.05) is 12.1 Å². The number of nitrogens with zero attached hydrogens (tertiary/aromatic N) is 1. The largest absolute Gasteiger partial charge is 0.496 e. The van der Waals surface area contributed by atoms with Gasteiger partial charge in [0.05, 0.1) is 19.5 Å². The minimum absolute atomic E-state index is 0.0122. The minimum atomic E-state index is -3.09. The molecule has 1 fully saturated rings. The molecule has 0 amide bonds. The van der Waals surface area contributed by atoms with Gasteiger partial charge in [0.15, 0.2) is 9.84 Å². The first-order valence-corrected chi connectivity index (χ1v) is 9.94. The van der Waals surface area contributed by atoms with Crippen molar-refractivity contribution < 1.29 is 17.9 Å². The zero-order valence-electron chi connectivity index (χ0n) is 13.9. The molecule has 3 rings (SSSR count). The number of rotatable bonds is 7. The number of methoxy groups -OCH3 is 1. The third kappa shape index (κ3) is 4.26. The van der Waals surface area contributed by atoms with Gasteiger partial charge >= 0.3 is 0 Å². The lowest BCUT2D eigenvalue weighted by molar-refractivity contribution is 0.300. The average molecular weight is 347 g/mol. The van der Waals surface area contributed by atoms with Gasteiger partial charge in [0.25, 0.3) is 0 Å². The second-order valence-electron chi connectivity index (χ2n) is 6.23. The Kier molecular flexibility index (Phi) is 4.76. The van der Waals surface area contributed by atoms with E-state index in [0.29, 0.717) is 23.8 Å². The van der Waals surface area contributed by atoms with E-state index in [0.717, 1.165) is 16.9 Å². The Balaban J connectivity index is 1.93. The molecule has 0 unspecified atom stereocenters. The molecule has 0 aliphatic heterocycles. The van der Waals surface area contributed by atoms with Crippen molar-refractivity contribution in [3.8, 4) is 22.6 Å². The van der Waals surface area contributed by atoms with Gasteiger partial charge in [-0.15, -0.1) is 0 Å². The smallest absolute Gasteiger partial charge is 0.151 e. The summed E-state index contributed by atoms with van der Waals surface area (Å²) in [5.41, 5.74) is 2.39. The highest BCUT2D eigenvalue weighted by Crippen LogP contribution is 2.38. The van der Waals surface area contributed by atoms with Crippen molar-refractivity contribution in [2.75, 3.05) is 20.0 Å².